The van der Waals surface area contributed by atoms with Crippen LogP contribution in [0, 0.1) is 0 Å². The summed E-state index contributed by atoms with van der Waals surface area (Å²) in [4.78, 5) is 38.3. The Morgan fingerprint density at radius 3 is 2.56 bits per heavy atom. The van der Waals surface area contributed by atoms with Crippen LogP contribution in [0.25, 0.3) is 10.9 Å². The Labute approximate surface area is 187 Å². The third-order valence-electron chi connectivity index (χ3n) is 6.00. The van der Waals surface area contributed by atoms with E-state index in [-0.39, 0.29) is 23.9 Å². The largest absolute Gasteiger partial charge is 0.444 e. The molecule has 1 aromatic heterocycles. The summed E-state index contributed by atoms with van der Waals surface area (Å²) in [6.45, 7) is 7.14. The van der Waals surface area contributed by atoms with Crippen molar-refractivity contribution in [2.24, 2.45) is 7.05 Å². The number of piperidine rings is 2. The molecule has 1 aromatic carbocycles. The summed E-state index contributed by atoms with van der Waals surface area (Å²) >= 11 is 0. The molecule has 9 nitrogen and oxygen atoms in total. The molecule has 0 bridgehead atoms. The molecule has 2 aromatic rings. The second kappa shape index (κ2) is 8.44. The fourth-order valence-electron chi connectivity index (χ4n) is 4.55. The lowest BCUT2D eigenvalue weighted by atomic mass is 9.92. The second-order valence-electron chi connectivity index (χ2n) is 9.59. The van der Waals surface area contributed by atoms with Gasteiger partial charge in [-0.25, -0.2) is 4.79 Å². The summed E-state index contributed by atoms with van der Waals surface area (Å²) in [5.41, 5.74) is 2.24. The van der Waals surface area contributed by atoms with Crippen LogP contribution >= 0.6 is 0 Å². The van der Waals surface area contributed by atoms with E-state index in [4.69, 9.17) is 4.74 Å². The highest BCUT2D eigenvalue weighted by Gasteiger charge is 2.32. The number of para-hydroxylation sites is 1. The van der Waals surface area contributed by atoms with Crippen LogP contribution in [0.5, 0.6) is 0 Å². The van der Waals surface area contributed by atoms with Gasteiger partial charge in [0.1, 0.15) is 5.60 Å². The van der Waals surface area contributed by atoms with Crippen LogP contribution < -0.4 is 15.5 Å². The van der Waals surface area contributed by atoms with Gasteiger partial charge in [-0.2, -0.15) is 5.10 Å². The fourth-order valence-corrected chi connectivity index (χ4v) is 4.55. The molecule has 0 spiro atoms. The SMILES string of the molecule is Cn1nc(C2CCC(=O)NC2=O)c2cccc(N3CCC(NC(=O)OC(C)(C)C)CC3)c21. The zero-order valence-corrected chi connectivity index (χ0v) is 19.1. The summed E-state index contributed by atoms with van der Waals surface area (Å²) in [6.07, 6.45) is 2.05. The Morgan fingerprint density at radius 2 is 1.91 bits per heavy atom. The molecule has 0 saturated carbocycles. The first kappa shape index (κ1) is 22.1. The quantitative estimate of drug-likeness (QED) is 0.710. The molecule has 9 heteroatoms. The molecular weight excluding hydrogens is 410 g/mol. The number of nitrogens with zero attached hydrogens (tertiary/aromatic N) is 3. The van der Waals surface area contributed by atoms with E-state index in [0.717, 1.165) is 48.2 Å². The lowest BCUT2D eigenvalue weighted by Gasteiger charge is -2.34. The molecule has 0 radical (unpaired) electrons. The number of rotatable bonds is 3. The first-order valence-electron chi connectivity index (χ1n) is 11.2. The van der Waals surface area contributed by atoms with E-state index >= 15 is 0 Å². The van der Waals surface area contributed by atoms with Crippen molar-refractivity contribution in [2.45, 2.75) is 64.0 Å². The van der Waals surface area contributed by atoms with Crippen LogP contribution in [-0.2, 0) is 21.4 Å². The van der Waals surface area contributed by atoms with Crippen molar-refractivity contribution >= 4 is 34.5 Å². The highest BCUT2D eigenvalue weighted by molar-refractivity contribution is 6.03. The Kier molecular flexibility index (Phi) is 5.83. The number of amides is 3. The molecule has 2 saturated heterocycles. The average molecular weight is 442 g/mol. The lowest BCUT2D eigenvalue weighted by Crippen LogP contribution is -2.46. The van der Waals surface area contributed by atoms with Crippen molar-refractivity contribution in [1.82, 2.24) is 20.4 Å². The molecule has 2 aliphatic rings. The fraction of sp³-hybridized carbons (Fsp3) is 0.565. The van der Waals surface area contributed by atoms with E-state index in [2.05, 4.69) is 26.7 Å². The highest BCUT2D eigenvalue weighted by Crippen LogP contribution is 2.35. The number of aromatic nitrogens is 2. The molecule has 172 valence electrons. The topological polar surface area (TPSA) is 106 Å². The summed E-state index contributed by atoms with van der Waals surface area (Å²) in [6, 6.07) is 6.12. The number of fused-ring (bicyclic) bond motifs is 1. The van der Waals surface area contributed by atoms with Gasteiger partial charge in [0.15, 0.2) is 0 Å². The lowest BCUT2D eigenvalue weighted by molar-refractivity contribution is -0.134. The third-order valence-corrected chi connectivity index (χ3v) is 6.00. The van der Waals surface area contributed by atoms with Crippen LogP contribution in [0.2, 0.25) is 0 Å². The number of anilines is 1. The normalized spacial score (nSPS) is 20.4. The van der Waals surface area contributed by atoms with Crippen LogP contribution in [0.4, 0.5) is 10.5 Å². The maximum Gasteiger partial charge on any atom is 0.407 e. The molecule has 3 heterocycles. The van der Waals surface area contributed by atoms with Crippen molar-refractivity contribution in [1.29, 1.82) is 0 Å². The molecular formula is C23H31N5O4. The van der Waals surface area contributed by atoms with Crippen LogP contribution in [-0.4, -0.2) is 52.4 Å². The van der Waals surface area contributed by atoms with Crippen LogP contribution in [0.15, 0.2) is 18.2 Å². The van der Waals surface area contributed by atoms with Crippen LogP contribution in [0.1, 0.15) is 58.1 Å². The number of carbonyl (C=O) groups is 3. The number of hydrogen-bond donors (Lipinski definition) is 2. The maximum absolute atomic E-state index is 12.4. The average Bonchev–Trinajstić information content (AvgIpc) is 3.04. The van der Waals surface area contributed by atoms with Gasteiger partial charge in [-0.15, -0.1) is 0 Å². The van der Waals surface area contributed by atoms with Gasteiger partial charge < -0.3 is 15.0 Å². The summed E-state index contributed by atoms with van der Waals surface area (Å²) in [5.74, 6) is -0.925. The van der Waals surface area contributed by atoms with Gasteiger partial charge in [0.25, 0.3) is 0 Å². The third kappa shape index (κ3) is 4.56. The Morgan fingerprint density at radius 1 is 1.19 bits per heavy atom. The van der Waals surface area contributed by atoms with Gasteiger partial charge in [0.05, 0.1) is 22.8 Å². The maximum atomic E-state index is 12.4. The number of nitrogens with one attached hydrogen (secondary N) is 2. The standard InChI is InChI=1S/C23H31N5O4/c1-23(2,3)32-22(31)24-14-10-12-28(13-11-14)17-7-5-6-15-19(26-27(4)20(15)17)16-8-9-18(29)25-21(16)30/h5-7,14,16H,8-13H2,1-4H3,(H,24,31)(H,25,29,30). The molecule has 2 N–H and O–H groups in total. The van der Waals surface area contributed by atoms with E-state index < -0.39 is 11.5 Å². The summed E-state index contributed by atoms with van der Waals surface area (Å²) < 4.78 is 7.20. The molecule has 0 aliphatic carbocycles. The molecule has 1 atom stereocenters. The number of hydrogen-bond acceptors (Lipinski definition) is 6. The number of imide groups is 1. The number of carbonyl (C=O) groups excluding carboxylic acids is 3. The van der Waals surface area contributed by atoms with Crippen LogP contribution in [0.3, 0.4) is 0 Å². The number of aryl methyl sites for hydroxylation is 1. The molecule has 3 amide bonds. The van der Waals surface area contributed by atoms with E-state index in [1.165, 1.54) is 0 Å². The Hall–Kier alpha value is -3.10. The number of alkyl carbamates (subject to hydrolysis) is 1. The van der Waals surface area contributed by atoms with Gasteiger partial charge in [0, 0.05) is 38.0 Å². The minimum Gasteiger partial charge on any atom is -0.444 e. The van der Waals surface area contributed by atoms with Crippen molar-refractivity contribution in [3.05, 3.63) is 23.9 Å². The number of ether oxygens (including phenoxy) is 1. The van der Waals surface area contributed by atoms with Crippen molar-refractivity contribution in [3.63, 3.8) is 0 Å². The number of benzene rings is 1. The van der Waals surface area contributed by atoms with Gasteiger partial charge in [0.2, 0.25) is 11.8 Å². The van der Waals surface area contributed by atoms with E-state index in [0.29, 0.717) is 12.8 Å². The van der Waals surface area contributed by atoms with E-state index in [1.54, 1.807) is 0 Å². The van der Waals surface area contributed by atoms with Crippen molar-refractivity contribution in [2.75, 3.05) is 18.0 Å². The van der Waals surface area contributed by atoms with E-state index in [9.17, 15) is 14.4 Å². The molecule has 1 unspecified atom stereocenters. The van der Waals surface area contributed by atoms with Gasteiger partial charge >= 0.3 is 6.09 Å². The molecule has 2 fully saturated rings. The molecule has 2 aliphatic heterocycles. The predicted octanol–water partition coefficient (Wildman–Crippen LogP) is 2.59. The first-order valence-corrected chi connectivity index (χ1v) is 11.2. The minimum atomic E-state index is -0.514. The summed E-state index contributed by atoms with van der Waals surface area (Å²) in [7, 11) is 1.89. The molecule has 32 heavy (non-hydrogen) atoms. The second-order valence-corrected chi connectivity index (χ2v) is 9.59. The smallest absolute Gasteiger partial charge is 0.407 e. The molecule has 4 rings (SSSR count). The van der Waals surface area contributed by atoms with E-state index in [1.807, 2.05) is 44.6 Å². The Balaban J connectivity index is 1.50. The van der Waals surface area contributed by atoms with Crippen molar-refractivity contribution in [3.8, 4) is 0 Å². The minimum absolute atomic E-state index is 0.0749. The zero-order valence-electron chi connectivity index (χ0n) is 19.1. The first-order chi connectivity index (χ1) is 15.1. The zero-order chi connectivity index (χ0) is 23.0. The predicted molar refractivity (Wildman–Crippen MR) is 120 cm³/mol. The van der Waals surface area contributed by atoms with Gasteiger partial charge in [-0.1, -0.05) is 12.1 Å². The van der Waals surface area contributed by atoms with Crippen molar-refractivity contribution < 1.29 is 19.1 Å². The Bertz CT molecular complexity index is 1050. The van der Waals surface area contributed by atoms with Gasteiger partial charge in [-0.3, -0.25) is 19.6 Å². The summed E-state index contributed by atoms with van der Waals surface area (Å²) in [5, 5.41) is 11.0. The highest BCUT2D eigenvalue weighted by atomic mass is 16.6. The monoisotopic (exact) mass is 441 g/mol. The van der Waals surface area contributed by atoms with Gasteiger partial charge in [-0.05, 0) is 46.1 Å².